The third-order valence-electron chi connectivity index (χ3n) is 2.92. The van der Waals surface area contributed by atoms with Crippen LogP contribution < -0.4 is 10.1 Å². The van der Waals surface area contributed by atoms with Crippen molar-refractivity contribution in [3.05, 3.63) is 22.9 Å². The topological polar surface area (TPSA) is 34.1 Å². The quantitative estimate of drug-likeness (QED) is 0.923. The molecule has 1 saturated heterocycles. The summed E-state index contributed by atoms with van der Waals surface area (Å²) < 4.78 is 6.65. The fourth-order valence-corrected chi connectivity index (χ4v) is 2.35. The van der Waals surface area contributed by atoms with Gasteiger partial charge in [-0.3, -0.25) is 4.98 Å². The zero-order valence-electron chi connectivity index (χ0n) is 9.29. The van der Waals surface area contributed by atoms with Gasteiger partial charge in [0.15, 0.2) is 0 Å². The molecule has 1 aliphatic rings. The monoisotopic (exact) mass is 284 g/mol. The van der Waals surface area contributed by atoms with Crippen LogP contribution in [-0.4, -0.2) is 24.7 Å². The number of halogens is 1. The van der Waals surface area contributed by atoms with Crippen LogP contribution >= 0.6 is 15.9 Å². The van der Waals surface area contributed by atoms with Gasteiger partial charge in [0.05, 0.1) is 11.1 Å². The Hall–Kier alpha value is -0.610. The van der Waals surface area contributed by atoms with Crippen LogP contribution in [0.4, 0.5) is 0 Å². The van der Waals surface area contributed by atoms with Gasteiger partial charge in [0.25, 0.3) is 0 Å². The summed E-state index contributed by atoms with van der Waals surface area (Å²) in [6, 6.07) is 1.89. The summed E-state index contributed by atoms with van der Waals surface area (Å²) in [7, 11) is 0. The van der Waals surface area contributed by atoms with E-state index in [9.17, 15) is 0 Å². The average Bonchev–Trinajstić information content (AvgIpc) is 2.33. The lowest BCUT2D eigenvalue weighted by molar-refractivity contribution is 0.253. The number of nitrogens with one attached hydrogen (secondary N) is 1. The smallest absolute Gasteiger partial charge is 0.136 e. The van der Waals surface area contributed by atoms with E-state index >= 15 is 0 Å². The summed E-state index contributed by atoms with van der Waals surface area (Å²) in [4.78, 5) is 4.01. The third-order valence-corrected chi connectivity index (χ3v) is 3.51. The molecule has 1 unspecified atom stereocenters. The second kappa shape index (κ2) is 6.21. The van der Waals surface area contributed by atoms with E-state index in [-0.39, 0.29) is 0 Å². The number of rotatable bonds is 4. The lowest BCUT2D eigenvalue weighted by Crippen LogP contribution is -2.30. The minimum absolute atomic E-state index is 0.773. The van der Waals surface area contributed by atoms with Gasteiger partial charge in [0, 0.05) is 12.4 Å². The van der Waals surface area contributed by atoms with E-state index in [1.54, 1.807) is 12.4 Å². The SMILES string of the molecule is Brc1cnccc1OCCC1CCCNC1. The number of hydrogen-bond donors (Lipinski definition) is 1. The Bertz CT molecular complexity index is 327. The lowest BCUT2D eigenvalue weighted by atomic mass is 9.97. The first-order valence-corrected chi connectivity index (χ1v) is 6.58. The van der Waals surface area contributed by atoms with Gasteiger partial charge in [0.1, 0.15) is 5.75 Å². The molecule has 0 bridgehead atoms. The molecule has 2 rings (SSSR count). The first kappa shape index (κ1) is 11.9. The second-order valence-electron chi connectivity index (χ2n) is 4.16. The maximum absolute atomic E-state index is 5.72. The van der Waals surface area contributed by atoms with Crippen molar-refractivity contribution in [2.75, 3.05) is 19.7 Å². The van der Waals surface area contributed by atoms with Gasteiger partial charge in [-0.1, -0.05) is 0 Å². The summed E-state index contributed by atoms with van der Waals surface area (Å²) in [5.74, 6) is 1.66. The van der Waals surface area contributed by atoms with Crippen molar-refractivity contribution < 1.29 is 4.74 Å². The van der Waals surface area contributed by atoms with E-state index in [0.717, 1.165) is 35.7 Å². The number of ether oxygens (including phenoxy) is 1. The average molecular weight is 285 g/mol. The van der Waals surface area contributed by atoms with Crippen LogP contribution in [0.15, 0.2) is 22.9 Å². The van der Waals surface area contributed by atoms with Crippen LogP contribution in [0.2, 0.25) is 0 Å². The number of hydrogen-bond acceptors (Lipinski definition) is 3. The summed E-state index contributed by atoms with van der Waals surface area (Å²) in [5.41, 5.74) is 0. The Morgan fingerprint density at radius 2 is 2.50 bits per heavy atom. The van der Waals surface area contributed by atoms with Crippen LogP contribution in [0.25, 0.3) is 0 Å². The van der Waals surface area contributed by atoms with Crippen molar-refractivity contribution in [1.29, 1.82) is 0 Å². The fourth-order valence-electron chi connectivity index (χ4n) is 1.99. The zero-order chi connectivity index (χ0) is 11.2. The summed E-state index contributed by atoms with van der Waals surface area (Å²) in [5, 5.41) is 3.42. The van der Waals surface area contributed by atoms with Gasteiger partial charge in [-0.05, 0) is 60.3 Å². The molecule has 1 aromatic heterocycles. The van der Waals surface area contributed by atoms with E-state index in [4.69, 9.17) is 4.74 Å². The zero-order valence-corrected chi connectivity index (χ0v) is 10.9. The van der Waals surface area contributed by atoms with E-state index < -0.39 is 0 Å². The van der Waals surface area contributed by atoms with Gasteiger partial charge < -0.3 is 10.1 Å². The molecule has 0 aromatic carbocycles. The predicted octanol–water partition coefficient (Wildman–Crippen LogP) is 2.61. The normalized spacial score (nSPS) is 20.7. The lowest BCUT2D eigenvalue weighted by Gasteiger charge is -2.22. The first-order chi connectivity index (χ1) is 7.86. The van der Waals surface area contributed by atoms with Gasteiger partial charge in [-0.15, -0.1) is 0 Å². The van der Waals surface area contributed by atoms with Crippen LogP contribution in [0.1, 0.15) is 19.3 Å². The van der Waals surface area contributed by atoms with Crippen molar-refractivity contribution in [2.45, 2.75) is 19.3 Å². The summed E-state index contributed by atoms with van der Waals surface area (Å²) in [6.45, 7) is 3.10. The maximum atomic E-state index is 5.72. The van der Waals surface area contributed by atoms with E-state index in [1.165, 1.54) is 19.4 Å². The van der Waals surface area contributed by atoms with Crippen LogP contribution in [0.3, 0.4) is 0 Å². The van der Waals surface area contributed by atoms with Crippen molar-refractivity contribution in [3.8, 4) is 5.75 Å². The van der Waals surface area contributed by atoms with Crippen LogP contribution in [0, 0.1) is 5.92 Å². The standard InChI is InChI=1S/C12H17BrN2O/c13-11-9-15-6-3-12(11)16-7-4-10-2-1-5-14-8-10/h3,6,9-10,14H,1-2,4-5,7-8H2. The highest BCUT2D eigenvalue weighted by molar-refractivity contribution is 9.10. The Balaban J connectivity index is 1.73. The summed E-state index contributed by atoms with van der Waals surface area (Å²) >= 11 is 3.42. The molecule has 88 valence electrons. The van der Waals surface area contributed by atoms with Gasteiger partial charge in [-0.25, -0.2) is 0 Å². The minimum Gasteiger partial charge on any atom is -0.492 e. The van der Waals surface area contributed by atoms with Crippen molar-refractivity contribution in [3.63, 3.8) is 0 Å². The maximum Gasteiger partial charge on any atom is 0.136 e. The van der Waals surface area contributed by atoms with Crippen LogP contribution in [0.5, 0.6) is 5.75 Å². The Morgan fingerprint density at radius 3 is 3.25 bits per heavy atom. The number of aromatic nitrogens is 1. The highest BCUT2D eigenvalue weighted by Gasteiger charge is 2.12. The fraction of sp³-hybridized carbons (Fsp3) is 0.583. The molecule has 0 spiro atoms. The number of piperidine rings is 1. The van der Waals surface area contributed by atoms with Gasteiger partial charge >= 0.3 is 0 Å². The first-order valence-electron chi connectivity index (χ1n) is 5.79. The molecule has 2 heterocycles. The van der Waals surface area contributed by atoms with Gasteiger partial charge in [-0.2, -0.15) is 0 Å². The minimum atomic E-state index is 0.773. The molecule has 4 heteroatoms. The molecule has 1 aliphatic heterocycles. The van der Waals surface area contributed by atoms with E-state index in [0.29, 0.717) is 0 Å². The third kappa shape index (κ3) is 3.46. The molecule has 16 heavy (non-hydrogen) atoms. The second-order valence-corrected chi connectivity index (χ2v) is 5.01. The molecule has 1 N–H and O–H groups in total. The molecular weight excluding hydrogens is 268 g/mol. The molecule has 1 aromatic rings. The van der Waals surface area contributed by atoms with Crippen molar-refractivity contribution in [1.82, 2.24) is 10.3 Å². The molecule has 0 aliphatic carbocycles. The Kier molecular flexibility index (Phi) is 4.60. The van der Waals surface area contributed by atoms with Crippen molar-refractivity contribution >= 4 is 15.9 Å². The molecule has 1 atom stereocenters. The molecule has 1 fully saturated rings. The number of nitrogens with zero attached hydrogens (tertiary/aromatic N) is 1. The highest BCUT2D eigenvalue weighted by Crippen LogP contribution is 2.23. The van der Waals surface area contributed by atoms with E-state index in [1.807, 2.05) is 6.07 Å². The van der Waals surface area contributed by atoms with Gasteiger partial charge in [0.2, 0.25) is 0 Å². The molecule has 0 radical (unpaired) electrons. The molecule has 0 amide bonds. The van der Waals surface area contributed by atoms with E-state index in [2.05, 4.69) is 26.2 Å². The van der Waals surface area contributed by atoms with Crippen LogP contribution in [-0.2, 0) is 0 Å². The molecular formula is C12H17BrN2O. The predicted molar refractivity (Wildman–Crippen MR) is 67.6 cm³/mol. The summed E-state index contributed by atoms with van der Waals surface area (Å²) in [6.07, 6.45) is 7.26. The largest absolute Gasteiger partial charge is 0.492 e. The Labute approximate surface area is 105 Å². The molecule has 0 saturated carbocycles. The van der Waals surface area contributed by atoms with Crippen molar-refractivity contribution in [2.24, 2.45) is 5.92 Å². The Morgan fingerprint density at radius 1 is 1.56 bits per heavy atom. The molecule has 3 nitrogen and oxygen atoms in total. The number of pyridine rings is 1. The highest BCUT2D eigenvalue weighted by atomic mass is 79.9.